The van der Waals surface area contributed by atoms with Gasteiger partial charge in [-0.25, -0.2) is 31.5 Å². The third-order valence-electron chi connectivity index (χ3n) is 4.64. The van der Waals surface area contributed by atoms with Crippen molar-refractivity contribution in [1.82, 2.24) is 0 Å². The molecule has 0 bridgehead atoms. The van der Waals surface area contributed by atoms with Crippen LogP contribution >= 0.6 is 0 Å². The minimum Gasteiger partial charge on any atom is -0.422 e. The van der Waals surface area contributed by atoms with E-state index in [4.69, 9.17) is 9.47 Å². The van der Waals surface area contributed by atoms with Gasteiger partial charge in [-0.15, -0.1) is 0 Å². The van der Waals surface area contributed by atoms with E-state index in [2.05, 4.69) is 0 Å². The quantitative estimate of drug-likeness (QED) is 0.164. The van der Waals surface area contributed by atoms with Crippen molar-refractivity contribution < 1.29 is 41.0 Å². The van der Waals surface area contributed by atoms with Crippen molar-refractivity contribution >= 4 is 22.7 Å². The number of hydrogen-bond donors (Lipinski definition) is 0. The summed E-state index contributed by atoms with van der Waals surface area (Å²) >= 11 is 0. The second-order valence-corrected chi connectivity index (χ2v) is 6.74. The highest BCUT2D eigenvalue weighted by molar-refractivity contribution is 6.00. The fraction of sp³-hybridized carbons (Fsp3) is 0. The minimum absolute atomic E-state index is 0.101. The van der Waals surface area contributed by atoms with Gasteiger partial charge in [-0.2, -0.15) is 0 Å². The van der Waals surface area contributed by atoms with Gasteiger partial charge in [0.15, 0.2) is 29.1 Å². The molecule has 0 amide bonds. The molecule has 4 aromatic rings. The Balaban J connectivity index is 1.70. The predicted molar refractivity (Wildman–Crippen MR) is 107 cm³/mol. The van der Waals surface area contributed by atoms with Gasteiger partial charge in [0.1, 0.15) is 11.5 Å². The number of benzene rings is 4. The Labute approximate surface area is 182 Å². The summed E-state index contributed by atoms with van der Waals surface area (Å²) in [7, 11) is 0. The Kier molecular flexibility index (Phi) is 5.78. The average molecular weight is 458 g/mol. The largest absolute Gasteiger partial charge is 0.422 e. The van der Waals surface area contributed by atoms with Gasteiger partial charge in [0.2, 0.25) is 0 Å². The van der Waals surface area contributed by atoms with E-state index in [1.165, 1.54) is 24.3 Å². The number of carbonyl (C=O) groups excluding carboxylic acids is 2. The molecule has 0 fully saturated rings. The van der Waals surface area contributed by atoms with Gasteiger partial charge in [-0.1, -0.05) is 24.3 Å². The van der Waals surface area contributed by atoms with Crippen LogP contribution in [0.5, 0.6) is 11.5 Å². The van der Waals surface area contributed by atoms with Crippen molar-refractivity contribution in [3.05, 3.63) is 107 Å². The highest BCUT2D eigenvalue weighted by Crippen LogP contribution is 2.35. The third kappa shape index (κ3) is 4.25. The highest BCUT2D eigenvalue weighted by atomic mass is 19.2. The summed E-state index contributed by atoms with van der Waals surface area (Å²) in [5.41, 5.74) is -1.12. The lowest BCUT2D eigenvalue weighted by molar-refractivity contribution is 0.0730. The monoisotopic (exact) mass is 458 g/mol. The van der Waals surface area contributed by atoms with E-state index in [-0.39, 0.29) is 22.4 Å². The van der Waals surface area contributed by atoms with Crippen molar-refractivity contribution in [3.63, 3.8) is 0 Å². The lowest BCUT2D eigenvalue weighted by Crippen LogP contribution is -2.13. The molecule has 0 aliphatic rings. The van der Waals surface area contributed by atoms with Crippen LogP contribution in [0, 0.1) is 29.1 Å². The molecule has 9 heteroatoms. The van der Waals surface area contributed by atoms with E-state index in [9.17, 15) is 31.5 Å². The Morgan fingerprint density at radius 3 is 1.85 bits per heavy atom. The summed E-state index contributed by atoms with van der Waals surface area (Å²) in [6, 6.07) is 12.6. The first-order chi connectivity index (χ1) is 15.8. The standard InChI is InChI=1S/C24H11F5O4/c25-15-9-7-13(11-17(15)27)23(30)32-18-5-1-3-12-4-2-6-19(20(12)18)33-24(31)14-8-10-16(26)22(29)21(14)28/h1-11H. The van der Waals surface area contributed by atoms with Gasteiger partial charge in [-0.3, -0.25) is 0 Å². The molecule has 0 aliphatic heterocycles. The Bertz CT molecular complexity index is 1410. The molecule has 0 radical (unpaired) electrons. The van der Waals surface area contributed by atoms with Crippen LogP contribution in [0.3, 0.4) is 0 Å². The van der Waals surface area contributed by atoms with Gasteiger partial charge in [0, 0.05) is 0 Å². The van der Waals surface area contributed by atoms with E-state index >= 15 is 0 Å². The van der Waals surface area contributed by atoms with E-state index in [0.717, 1.165) is 18.2 Å². The summed E-state index contributed by atoms with van der Waals surface area (Å²) in [6.45, 7) is 0. The van der Waals surface area contributed by atoms with Crippen LogP contribution < -0.4 is 9.47 Å². The average Bonchev–Trinajstić information content (AvgIpc) is 2.79. The maximum Gasteiger partial charge on any atom is 0.346 e. The fourth-order valence-corrected chi connectivity index (χ4v) is 3.06. The number of carbonyl (C=O) groups is 2. The molecule has 0 spiro atoms. The zero-order valence-corrected chi connectivity index (χ0v) is 16.4. The molecular weight excluding hydrogens is 447 g/mol. The van der Waals surface area contributed by atoms with E-state index in [1.54, 1.807) is 12.1 Å². The summed E-state index contributed by atoms with van der Waals surface area (Å²) in [6.07, 6.45) is 0. The van der Waals surface area contributed by atoms with Crippen molar-refractivity contribution in [2.24, 2.45) is 0 Å². The number of hydrogen-bond acceptors (Lipinski definition) is 4. The number of fused-ring (bicyclic) bond motifs is 1. The van der Waals surface area contributed by atoms with Gasteiger partial charge in [0.05, 0.1) is 16.5 Å². The van der Waals surface area contributed by atoms with Crippen LogP contribution in [-0.2, 0) is 0 Å². The predicted octanol–water partition coefficient (Wildman–Crippen LogP) is 5.97. The normalized spacial score (nSPS) is 10.8. The number of esters is 2. The molecule has 166 valence electrons. The summed E-state index contributed by atoms with van der Waals surface area (Å²) < 4.78 is 77.7. The molecule has 0 aliphatic carbocycles. The topological polar surface area (TPSA) is 52.6 Å². The fourth-order valence-electron chi connectivity index (χ4n) is 3.06. The van der Waals surface area contributed by atoms with Crippen LogP contribution in [-0.4, -0.2) is 11.9 Å². The lowest BCUT2D eigenvalue weighted by atomic mass is 10.1. The molecule has 0 aromatic heterocycles. The second kappa shape index (κ2) is 8.70. The summed E-state index contributed by atoms with van der Waals surface area (Å²) in [5, 5.41) is 0.564. The maximum absolute atomic E-state index is 14.0. The molecular formula is C24H11F5O4. The van der Waals surface area contributed by atoms with Gasteiger partial charge in [0.25, 0.3) is 0 Å². The SMILES string of the molecule is O=C(Oc1cccc2cccc(OC(=O)c3ccc(F)c(F)c3F)c12)c1ccc(F)c(F)c1. The Hall–Kier alpha value is -4.27. The van der Waals surface area contributed by atoms with Gasteiger partial charge >= 0.3 is 11.9 Å². The van der Waals surface area contributed by atoms with Gasteiger partial charge in [-0.05, 0) is 47.9 Å². The van der Waals surface area contributed by atoms with E-state index < -0.39 is 46.6 Å². The maximum atomic E-state index is 14.0. The first kappa shape index (κ1) is 21.9. The van der Waals surface area contributed by atoms with E-state index in [1.807, 2.05) is 0 Å². The lowest BCUT2D eigenvalue weighted by Gasteiger charge is -2.12. The Morgan fingerprint density at radius 1 is 0.606 bits per heavy atom. The molecule has 0 saturated heterocycles. The van der Waals surface area contributed by atoms with Crippen LogP contribution in [0.2, 0.25) is 0 Å². The van der Waals surface area contributed by atoms with Crippen LogP contribution in [0.25, 0.3) is 10.8 Å². The van der Waals surface area contributed by atoms with Gasteiger partial charge < -0.3 is 9.47 Å². The summed E-state index contributed by atoms with van der Waals surface area (Å²) in [5.74, 6) is -10.0. The number of ether oxygens (including phenoxy) is 2. The first-order valence-corrected chi connectivity index (χ1v) is 9.31. The van der Waals surface area contributed by atoms with Crippen molar-refractivity contribution in [1.29, 1.82) is 0 Å². The minimum atomic E-state index is -1.83. The first-order valence-electron chi connectivity index (χ1n) is 9.31. The third-order valence-corrected chi connectivity index (χ3v) is 4.64. The number of rotatable bonds is 4. The molecule has 33 heavy (non-hydrogen) atoms. The highest BCUT2D eigenvalue weighted by Gasteiger charge is 2.22. The van der Waals surface area contributed by atoms with Crippen LogP contribution in [0.1, 0.15) is 20.7 Å². The van der Waals surface area contributed by atoms with E-state index in [0.29, 0.717) is 17.5 Å². The summed E-state index contributed by atoms with van der Waals surface area (Å²) in [4.78, 5) is 24.9. The van der Waals surface area contributed by atoms with Crippen molar-refractivity contribution in [3.8, 4) is 11.5 Å². The Morgan fingerprint density at radius 2 is 1.21 bits per heavy atom. The molecule has 0 N–H and O–H groups in total. The smallest absolute Gasteiger partial charge is 0.346 e. The number of halogens is 5. The molecule has 0 heterocycles. The molecule has 4 rings (SSSR count). The van der Waals surface area contributed by atoms with Crippen molar-refractivity contribution in [2.75, 3.05) is 0 Å². The van der Waals surface area contributed by atoms with Crippen LogP contribution in [0.15, 0.2) is 66.7 Å². The molecule has 4 aromatic carbocycles. The molecule has 0 saturated carbocycles. The molecule has 0 atom stereocenters. The zero-order chi connectivity index (χ0) is 23.7. The molecule has 0 unspecified atom stereocenters. The molecule has 4 nitrogen and oxygen atoms in total. The van der Waals surface area contributed by atoms with Crippen molar-refractivity contribution in [2.45, 2.75) is 0 Å². The zero-order valence-electron chi connectivity index (χ0n) is 16.4. The van der Waals surface area contributed by atoms with Crippen LogP contribution in [0.4, 0.5) is 22.0 Å². The second-order valence-electron chi connectivity index (χ2n) is 6.74.